The molecule has 0 saturated heterocycles. The molecule has 3 rings (SSSR count). The van der Waals surface area contributed by atoms with Gasteiger partial charge in [0, 0.05) is 0 Å². The van der Waals surface area contributed by atoms with Gasteiger partial charge in [0.1, 0.15) is 11.2 Å². The SMILES string of the molecule is FC(F)(F)COc1ccccc1Oc1ncnc2sccc12. The molecule has 22 heavy (non-hydrogen) atoms. The molecule has 0 aliphatic heterocycles. The van der Waals surface area contributed by atoms with E-state index < -0.39 is 12.8 Å². The molecular weight excluding hydrogens is 317 g/mol. The van der Waals surface area contributed by atoms with Gasteiger partial charge in [0.05, 0.1) is 5.39 Å². The first-order valence-electron chi connectivity index (χ1n) is 6.17. The number of hydrogen-bond acceptors (Lipinski definition) is 5. The monoisotopic (exact) mass is 326 g/mol. The minimum Gasteiger partial charge on any atom is -0.480 e. The van der Waals surface area contributed by atoms with E-state index in [1.54, 1.807) is 18.2 Å². The van der Waals surface area contributed by atoms with Crippen molar-refractivity contribution in [2.24, 2.45) is 0 Å². The lowest BCUT2D eigenvalue weighted by Gasteiger charge is -2.13. The fourth-order valence-electron chi connectivity index (χ4n) is 1.77. The third-order valence-corrected chi connectivity index (χ3v) is 3.49. The number of rotatable bonds is 4. The second-order valence-electron chi connectivity index (χ2n) is 4.27. The normalized spacial score (nSPS) is 11.6. The molecule has 0 aliphatic carbocycles. The Morgan fingerprint density at radius 2 is 1.82 bits per heavy atom. The summed E-state index contributed by atoms with van der Waals surface area (Å²) in [4.78, 5) is 8.84. The van der Waals surface area contributed by atoms with E-state index in [2.05, 4.69) is 9.97 Å². The van der Waals surface area contributed by atoms with Gasteiger partial charge >= 0.3 is 6.18 Å². The summed E-state index contributed by atoms with van der Waals surface area (Å²) in [5.41, 5.74) is 0. The van der Waals surface area contributed by atoms with Crippen molar-refractivity contribution >= 4 is 21.6 Å². The maximum atomic E-state index is 12.3. The summed E-state index contributed by atoms with van der Waals surface area (Å²) < 4.78 is 47.2. The zero-order valence-corrected chi connectivity index (χ0v) is 11.8. The van der Waals surface area contributed by atoms with Gasteiger partial charge in [-0.1, -0.05) is 12.1 Å². The first-order valence-corrected chi connectivity index (χ1v) is 7.05. The van der Waals surface area contributed by atoms with Gasteiger partial charge in [-0.2, -0.15) is 13.2 Å². The molecular formula is C14H9F3N2O2S. The summed E-state index contributed by atoms with van der Waals surface area (Å²) in [5, 5.41) is 2.52. The summed E-state index contributed by atoms with van der Waals surface area (Å²) in [6, 6.07) is 7.92. The lowest BCUT2D eigenvalue weighted by Crippen LogP contribution is -2.19. The average Bonchev–Trinajstić information content (AvgIpc) is 2.95. The van der Waals surface area contributed by atoms with Gasteiger partial charge in [-0.25, -0.2) is 9.97 Å². The lowest BCUT2D eigenvalue weighted by molar-refractivity contribution is -0.153. The summed E-state index contributed by atoms with van der Waals surface area (Å²) >= 11 is 1.42. The van der Waals surface area contributed by atoms with Crippen LogP contribution < -0.4 is 9.47 Å². The number of thiophene rings is 1. The van der Waals surface area contributed by atoms with Crippen molar-refractivity contribution in [1.29, 1.82) is 0 Å². The molecule has 8 heteroatoms. The van der Waals surface area contributed by atoms with Crippen LogP contribution in [0.1, 0.15) is 0 Å². The highest BCUT2D eigenvalue weighted by Crippen LogP contribution is 2.35. The van der Waals surface area contributed by atoms with Gasteiger partial charge in [0.15, 0.2) is 18.1 Å². The first kappa shape index (κ1) is 14.6. The second kappa shape index (κ2) is 5.80. The van der Waals surface area contributed by atoms with Gasteiger partial charge in [-0.3, -0.25) is 0 Å². The highest BCUT2D eigenvalue weighted by molar-refractivity contribution is 7.16. The minimum atomic E-state index is -4.41. The smallest absolute Gasteiger partial charge is 0.422 e. The Labute approximate surface area is 127 Å². The fourth-order valence-corrected chi connectivity index (χ4v) is 2.49. The third kappa shape index (κ3) is 3.28. The topological polar surface area (TPSA) is 44.2 Å². The molecule has 2 heterocycles. The van der Waals surface area contributed by atoms with Crippen LogP contribution in [0.2, 0.25) is 0 Å². The van der Waals surface area contributed by atoms with Gasteiger partial charge in [0.2, 0.25) is 5.88 Å². The maximum absolute atomic E-state index is 12.3. The zero-order valence-electron chi connectivity index (χ0n) is 11.0. The van der Waals surface area contributed by atoms with Crippen molar-refractivity contribution in [2.75, 3.05) is 6.61 Å². The van der Waals surface area contributed by atoms with Crippen LogP contribution in [0.25, 0.3) is 10.2 Å². The van der Waals surface area contributed by atoms with Crippen molar-refractivity contribution in [2.45, 2.75) is 6.18 Å². The molecule has 0 atom stereocenters. The summed E-state index contributed by atoms with van der Waals surface area (Å²) in [7, 11) is 0. The number of halogens is 3. The quantitative estimate of drug-likeness (QED) is 0.712. The predicted molar refractivity (Wildman–Crippen MR) is 75.5 cm³/mol. The molecule has 0 unspecified atom stereocenters. The van der Waals surface area contributed by atoms with Crippen LogP contribution in [0.4, 0.5) is 13.2 Å². The van der Waals surface area contributed by atoms with Crippen LogP contribution in [0.3, 0.4) is 0 Å². The van der Waals surface area contributed by atoms with E-state index >= 15 is 0 Å². The number of alkyl halides is 3. The molecule has 4 nitrogen and oxygen atoms in total. The molecule has 114 valence electrons. The van der Waals surface area contributed by atoms with Crippen LogP contribution in [0, 0.1) is 0 Å². The molecule has 2 aromatic heterocycles. The van der Waals surface area contributed by atoms with E-state index in [1.807, 2.05) is 5.38 Å². The standard InChI is InChI=1S/C14H9F3N2O2S/c15-14(16,17)7-20-10-3-1-2-4-11(10)21-12-9-5-6-22-13(9)19-8-18-12/h1-6,8H,7H2. The molecule has 3 aromatic rings. The van der Waals surface area contributed by atoms with Crippen molar-refractivity contribution in [3.8, 4) is 17.4 Å². The Hall–Kier alpha value is -2.35. The number of fused-ring (bicyclic) bond motifs is 1. The Bertz CT molecular complexity index is 789. The molecule has 0 saturated carbocycles. The lowest BCUT2D eigenvalue weighted by atomic mass is 10.3. The van der Waals surface area contributed by atoms with E-state index in [4.69, 9.17) is 9.47 Å². The molecule has 0 radical (unpaired) electrons. The summed E-state index contributed by atoms with van der Waals surface area (Å²) in [6.45, 7) is -1.38. The highest BCUT2D eigenvalue weighted by Gasteiger charge is 2.29. The largest absolute Gasteiger partial charge is 0.480 e. The number of ether oxygens (including phenoxy) is 2. The number of nitrogens with zero attached hydrogens (tertiary/aromatic N) is 2. The first-order chi connectivity index (χ1) is 10.5. The van der Waals surface area contributed by atoms with Crippen LogP contribution in [-0.2, 0) is 0 Å². The molecule has 0 aliphatic rings. The van der Waals surface area contributed by atoms with Crippen LogP contribution in [-0.4, -0.2) is 22.8 Å². The summed E-state index contributed by atoms with van der Waals surface area (Å²) in [6.07, 6.45) is -3.07. The van der Waals surface area contributed by atoms with Gasteiger partial charge in [0.25, 0.3) is 0 Å². The second-order valence-corrected chi connectivity index (χ2v) is 5.17. The molecule has 0 fully saturated rings. The van der Waals surface area contributed by atoms with E-state index in [0.717, 1.165) is 4.83 Å². The maximum Gasteiger partial charge on any atom is 0.422 e. The highest BCUT2D eigenvalue weighted by atomic mass is 32.1. The van der Waals surface area contributed by atoms with Crippen LogP contribution in [0.15, 0.2) is 42.0 Å². The molecule has 0 bridgehead atoms. The van der Waals surface area contributed by atoms with Gasteiger partial charge in [-0.05, 0) is 23.6 Å². The van der Waals surface area contributed by atoms with E-state index in [0.29, 0.717) is 5.39 Å². The van der Waals surface area contributed by atoms with E-state index in [1.165, 1.54) is 29.8 Å². The summed E-state index contributed by atoms with van der Waals surface area (Å²) in [5.74, 6) is 0.439. The molecule has 0 N–H and O–H groups in total. The van der Waals surface area contributed by atoms with E-state index in [-0.39, 0.29) is 17.4 Å². The molecule has 0 amide bonds. The number of para-hydroxylation sites is 2. The average molecular weight is 326 g/mol. The Morgan fingerprint density at radius 1 is 1.05 bits per heavy atom. The Kier molecular flexibility index (Phi) is 3.84. The minimum absolute atomic E-state index is 0.00168. The Morgan fingerprint density at radius 3 is 2.59 bits per heavy atom. The molecule has 0 spiro atoms. The predicted octanol–water partition coefficient (Wildman–Crippen LogP) is 4.42. The van der Waals surface area contributed by atoms with Crippen LogP contribution in [0.5, 0.6) is 17.4 Å². The number of hydrogen-bond donors (Lipinski definition) is 0. The third-order valence-electron chi connectivity index (χ3n) is 2.67. The van der Waals surface area contributed by atoms with Crippen molar-refractivity contribution in [1.82, 2.24) is 9.97 Å². The Balaban J connectivity index is 1.88. The molecule has 1 aromatic carbocycles. The van der Waals surface area contributed by atoms with Crippen LogP contribution >= 0.6 is 11.3 Å². The van der Waals surface area contributed by atoms with Crippen molar-refractivity contribution in [3.05, 3.63) is 42.0 Å². The zero-order chi connectivity index (χ0) is 15.6. The van der Waals surface area contributed by atoms with Crippen molar-refractivity contribution < 1.29 is 22.6 Å². The van der Waals surface area contributed by atoms with Gasteiger partial charge in [-0.15, -0.1) is 11.3 Å². The van der Waals surface area contributed by atoms with E-state index in [9.17, 15) is 13.2 Å². The number of benzene rings is 1. The van der Waals surface area contributed by atoms with Crippen molar-refractivity contribution in [3.63, 3.8) is 0 Å². The fraction of sp³-hybridized carbons (Fsp3) is 0.143. The van der Waals surface area contributed by atoms with Gasteiger partial charge < -0.3 is 9.47 Å². The number of aromatic nitrogens is 2.